The fourth-order valence-electron chi connectivity index (χ4n) is 2.02. The first-order chi connectivity index (χ1) is 12.7. The zero-order valence-electron chi connectivity index (χ0n) is 14.3. The van der Waals surface area contributed by atoms with Crippen molar-refractivity contribution in [3.63, 3.8) is 0 Å². The summed E-state index contributed by atoms with van der Waals surface area (Å²) in [6.07, 6.45) is 0. The molecule has 0 saturated heterocycles. The molecular formula is C18H16ClNO6S. The van der Waals surface area contributed by atoms with E-state index in [1.54, 1.807) is 0 Å². The predicted molar refractivity (Wildman–Crippen MR) is 98.4 cm³/mol. The molecule has 2 aromatic rings. The van der Waals surface area contributed by atoms with Crippen LogP contribution in [-0.4, -0.2) is 39.1 Å². The summed E-state index contributed by atoms with van der Waals surface area (Å²) in [6, 6.07) is 11.3. The molecule has 0 atom stereocenters. The van der Waals surface area contributed by atoms with Gasteiger partial charge in [0.1, 0.15) is 6.54 Å². The number of ketones is 2. The summed E-state index contributed by atoms with van der Waals surface area (Å²) in [5.74, 6) is -1.54. The maximum absolute atomic E-state index is 12.1. The highest BCUT2D eigenvalue weighted by atomic mass is 35.5. The second-order valence-electron chi connectivity index (χ2n) is 5.50. The van der Waals surface area contributed by atoms with Crippen LogP contribution in [0.2, 0.25) is 5.02 Å². The monoisotopic (exact) mass is 409 g/mol. The van der Waals surface area contributed by atoms with Crippen molar-refractivity contribution in [3.8, 4) is 0 Å². The summed E-state index contributed by atoms with van der Waals surface area (Å²) in [5, 5.41) is 0.467. The highest BCUT2D eigenvalue weighted by Gasteiger charge is 2.17. The van der Waals surface area contributed by atoms with Crippen molar-refractivity contribution in [2.24, 2.45) is 0 Å². The van der Waals surface area contributed by atoms with Crippen LogP contribution in [0.25, 0.3) is 0 Å². The van der Waals surface area contributed by atoms with Gasteiger partial charge in [0, 0.05) is 16.1 Å². The molecule has 0 radical (unpaired) electrons. The van der Waals surface area contributed by atoms with E-state index in [2.05, 4.69) is 4.72 Å². The minimum Gasteiger partial charge on any atom is -0.456 e. The Kier molecular flexibility index (Phi) is 6.84. The number of hydrogen-bond donors (Lipinski definition) is 1. The molecule has 0 amide bonds. The van der Waals surface area contributed by atoms with Crippen LogP contribution in [0, 0.1) is 0 Å². The predicted octanol–water partition coefficient (Wildman–Crippen LogP) is 2.25. The highest BCUT2D eigenvalue weighted by molar-refractivity contribution is 7.89. The lowest BCUT2D eigenvalue weighted by Gasteiger charge is -2.08. The van der Waals surface area contributed by atoms with E-state index in [1.165, 1.54) is 55.5 Å². The third kappa shape index (κ3) is 5.99. The molecule has 0 bridgehead atoms. The summed E-state index contributed by atoms with van der Waals surface area (Å²) < 4.78 is 31.1. The van der Waals surface area contributed by atoms with E-state index in [4.69, 9.17) is 16.3 Å². The quantitative estimate of drug-likeness (QED) is 0.529. The van der Waals surface area contributed by atoms with Crippen molar-refractivity contribution in [1.29, 1.82) is 0 Å². The van der Waals surface area contributed by atoms with E-state index in [1.807, 2.05) is 0 Å². The first-order valence-corrected chi connectivity index (χ1v) is 9.60. The van der Waals surface area contributed by atoms with Crippen molar-refractivity contribution >= 4 is 39.2 Å². The minimum absolute atomic E-state index is 0.0995. The molecule has 0 fully saturated rings. The number of halogens is 1. The number of esters is 1. The molecule has 0 aliphatic carbocycles. The Morgan fingerprint density at radius 3 is 2.07 bits per heavy atom. The van der Waals surface area contributed by atoms with Gasteiger partial charge in [0.15, 0.2) is 18.2 Å². The Morgan fingerprint density at radius 1 is 0.963 bits per heavy atom. The number of carbonyl (C=O) groups is 3. The van der Waals surface area contributed by atoms with Gasteiger partial charge in [-0.2, -0.15) is 4.72 Å². The number of rotatable bonds is 8. The third-order valence-corrected chi connectivity index (χ3v) is 5.18. The van der Waals surface area contributed by atoms with Gasteiger partial charge in [-0.3, -0.25) is 14.4 Å². The zero-order chi connectivity index (χ0) is 20.0. The maximum atomic E-state index is 12.1. The highest BCUT2D eigenvalue weighted by Crippen LogP contribution is 2.11. The van der Waals surface area contributed by atoms with Crippen LogP contribution in [-0.2, 0) is 19.6 Å². The Bertz CT molecular complexity index is 952. The number of ether oxygens (including phenoxy) is 1. The average Bonchev–Trinajstić information content (AvgIpc) is 2.65. The summed E-state index contributed by atoms with van der Waals surface area (Å²) >= 11 is 5.72. The first kappa shape index (κ1) is 20.8. The standard InChI is InChI=1S/C18H16ClNO6S/c1-12(21)13-4-8-16(9-5-13)27(24,25)20-10-18(23)26-11-17(22)14-2-6-15(19)7-3-14/h2-9,20H,10-11H2,1H3. The Hall–Kier alpha value is -2.55. The molecule has 1 N–H and O–H groups in total. The van der Waals surface area contributed by atoms with E-state index in [0.717, 1.165) is 0 Å². The molecule has 142 valence electrons. The summed E-state index contributed by atoms with van der Waals surface area (Å²) in [5.41, 5.74) is 0.687. The molecular weight excluding hydrogens is 394 g/mol. The van der Waals surface area contributed by atoms with Crippen LogP contribution in [0.5, 0.6) is 0 Å². The fourth-order valence-corrected chi connectivity index (χ4v) is 3.12. The molecule has 27 heavy (non-hydrogen) atoms. The van der Waals surface area contributed by atoms with Crippen LogP contribution >= 0.6 is 11.6 Å². The molecule has 0 aromatic heterocycles. The molecule has 2 rings (SSSR count). The molecule has 0 heterocycles. The topological polar surface area (TPSA) is 107 Å². The van der Waals surface area contributed by atoms with E-state index in [9.17, 15) is 22.8 Å². The molecule has 0 saturated carbocycles. The number of nitrogens with one attached hydrogen (secondary N) is 1. The molecule has 0 unspecified atom stereocenters. The minimum atomic E-state index is -3.96. The molecule has 0 aliphatic rings. The van der Waals surface area contributed by atoms with Gasteiger partial charge in [-0.25, -0.2) is 8.42 Å². The van der Waals surface area contributed by atoms with Gasteiger partial charge in [0.25, 0.3) is 0 Å². The molecule has 0 spiro atoms. The fraction of sp³-hybridized carbons (Fsp3) is 0.167. The maximum Gasteiger partial charge on any atom is 0.321 e. The van der Waals surface area contributed by atoms with Crippen LogP contribution in [0.4, 0.5) is 0 Å². The van der Waals surface area contributed by atoms with Gasteiger partial charge >= 0.3 is 5.97 Å². The van der Waals surface area contributed by atoms with Gasteiger partial charge in [0.2, 0.25) is 10.0 Å². The average molecular weight is 410 g/mol. The lowest BCUT2D eigenvalue weighted by Crippen LogP contribution is -2.31. The van der Waals surface area contributed by atoms with E-state index in [0.29, 0.717) is 16.1 Å². The largest absolute Gasteiger partial charge is 0.456 e. The second kappa shape index (κ2) is 8.90. The smallest absolute Gasteiger partial charge is 0.321 e. The van der Waals surface area contributed by atoms with Crippen molar-refractivity contribution in [2.75, 3.05) is 13.2 Å². The summed E-state index contributed by atoms with van der Waals surface area (Å²) in [7, 11) is -3.96. The van der Waals surface area contributed by atoms with Crippen LogP contribution in [0.1, 0.15) is 27.6 Å². The molecule has 2 aromatic carbocycles. The number of hydrogen-bond acceptors (Lipinski definition) is 6. The van der Waals surface area contributed by atoms with Gasteiger partial charge in [-0.15, -0.1) is 0 Å². The lowest BCUT2D eigenvalue weighted by atomic mass is 10.1. The number of benzene rings is 2. The SMILES string of the molecule is CC(=O)c1ccc(S(=O)(=O)NCC(=O)OCC(=O)c2ccc(Cl)cc2)cc1. The van der Waals surface area contributed by atoms with Crippen molar-refractivity contribution < 1.29 is 27.5 Å². The Morgan fingerprint density at radius 2 is 1.52 bits per heavy atom. The van der Waals surface area contributed by atoms with Crippen molar-refractivity contribution in [3.05, 3.63) is 64.7 Å². The van der Waals surface area contributed by atoms with Gasteiger partial charge in [-0.1, -0.05) is 23.7 Å². The molecule has 7 nitrogen and oxygen atoms in total. The number of sulfonamides is 1. The zero-order valence-corrected chi connectivity index (χ0v) is 15.8. The van der Waals surface area contributed by atoms with Crippen molar-refractivity contribution in [1.82, 2.24) is 4.72 Å². The van der Waals surface area contributed by atoms with E-state index >= 15 is 0 Å². The summed E-state index contributed by atoms with van der Waals surface area (Å²) in [6.45, 7) is 0.212. The van der Waals surface area contributed by atoms with Crippen molar-refractivity contribution in [2.45, 2.75) is 11.8 Å². The van der Waals surface area contributed by atoms with E-state index < -0.39 is 34.9 Å². The first-order valence-electron chi connectivity index (χ1n) is 7.74. The van der Waals surface area contributed by atoms with Gasteiger partial charge in [0.05, 0.1) is 4.90 Å². The normalized spacial score (nSPS) is 11.0. The summed E-state index contributed by atoms with van der Waals surface area (Å²) in [4.78, 5) is 34.7. The van der Waals surface area contributed by atoms with Crippen LogP contribution in [0.15, 0.2) is 53.4 Å². The third-order valence-electron chi connectivity index (χ3n) is 3.51. The molecule has 0 aliphatic heterocycles. The van der Waals surface area contributed by atoms with E-state index in [-0.39, 0.29) is 10.7 Å². The lowest BCUT2D eigenvalue weighted by molar-refractivity contribution is -0.141. The Balaban J connectivity index is 1.87. The number of Topliss-reactive ketones (excluding diaryl/α,β-unsaturated/α-hetero) is 2. The second-order valence-corrected chi connectivity index (χ2v) is 7.70. The van der Waals surface area contributed by atoms with Crippen LogP contribution < -0.4 is 4.72 Å². The Labute approximate surface area is 161 Å². The van der Waals surface area contributed by atoms with Crippen LogP contribution in [0.3, 0.4) is 0 Å². The van der Waals surface area contributed by atoms with Gasteiger partial charge < -0.3 is 4.74 Å². The van der Waals surface area contributed by atoms with Gasteiger partial charge in [-0.05, 0) is 43.3 Å². The molecule has 9 heteroatoms. The number of carbonyl (C=O) groups excluding carboxylic acids is 3.